The van der Waals surface area contributed by atoms with Crippen molar-refractivity contribution in [2.24, 2.45) is 5.41 Å². The van der Waals surface area contributed by atoms with E-state index in [0.717, 1.165) is 13.0 Å². The minimum Gasteiger partial charge on any atom is -0.350 e. The fraction of sp³-hybridized carbons (Fsp3) is 0.533. The molecule has 1 amide bonds. The van der Waals surface area contributed by atoms with Crippen LogP contribution in [0.5, 0.6) is 0 Å². The number of hydrogen-bond acceptors (Lipinski definition) is 2. The van der Waals surface area contributed by atoms with Crippen LogP contribution in [-0.4, -0.2) is 25.0 Å². The van der Waals surface area contributed by atoms with Crippen LogP contribution in [0.1, 0.15) is 37.0 Å². The first-order chi connectivity index (χ1) is 8.99. The molecule has 5 heteroatoms. The van der Waals surface area contributed by atoms with Gasteiger partial charge in [0.1, 0.15) is 5.82 Å². The van der Waals surface area contributed by atoms with Crippen molar-refractivity contribution in [2.75, 3.05) is 13.1 Å². The van der Waals surface area contributed by atoms with Gasteiger partial charge in [-0.25, -0.2) is 4.39 Å². The SMILES string of the molecule is CC1(C)CCCNC1CNC(=O)c1ccc(F)cc1.Cl. The molecule has 0 saturated carbocycles. The predicted octanol–water partition coefficient (Wildman–Crippen LogP) is 2.76. The fourth-order valence-electron chi connectivity index (χ4n) is 2.52. The Morgan fingerprint density at radius 1 is 1.40 bits per heavy atom. The van der Waals surface area contributed by atoms with E-state index in [1.165, 1.54) is 30.7 Å². The summed E-state index contributed by atoms with van der Waals surface area (Å²) in [7, 11) is 0. The third-order valence-electron chi connectivity index (χ3n) is 3.91. The Hall–Kier alpha value is -1.13. The number of amides is 1. The molecule has 1 aliphatic rings. The average Bonchev–Trinajstić information content (AvgIpc) is 2.37. The Morgan fingerprint density at radius 2 is 2.05 bits per heavy atom. The summed E-state index contributed by atoms with van der Waals surface area (Å²) in [6.45, 7) is 6.03. The van der Waals surface area contributed by atoms with Crippen molar-refractivity contribution >= 4 is 18.3 Å². The van der Waals surface area contributed by atoms with Crippen LogP contribution in [0.4, 0.5) is 4.39 Å². The van der Waals surface area contributed by atoms with Gasteiger partial charge in [0.25, 0.3) is 5.91 Å². The van der Waals surface area contributed by atoms with Gasteiger partial charge in [0.05, 0.1) is 0 Å². The van der Waals surface area contributed by atoms with Gasteiger partial charge in [-0.15, -0.1) is 12.4 Å². The first-order valence-corrected chi connectivity index (χ1v) is 6.76. The second-order valence-corrected chi connectivity index (χ2v) is 5.82. The molecule has 1 aromatic carbocycles. The summed E-state index contributed by atoms with van der Waals surface area (Å²) in [6, 6.07) is 5.90. The lowest BCUT2D eigenvalue weighted by molar-refractivity contribution is 0.0929. The Kier molecular flexibility index (Phi) is 5.96. The zero-order chi connectivity index (χ0) is 13.9. The van der Waals surface area contributed by atoms with E-state index in [1.807, 2.05) is 0 Å². The molecule has 1 saturated heterocycles. The van der Waals surface area contributed by atoms with Crippen molar-refractivity contribution in [1.29, 1.82) is 0 Å². The van der Waals surface area contributed by atoms with Crippen LogP contribution in [0.15, 0.2) is 24.3 Å². The maximum atomic E-state index is 12.8. The zero-order valence-electron chi connectivity index (χ0n) is 11.9. The lowest BCUT2D eigenvalue weighted by Gasteiger charge is -2.39. The Bertz CT molecular complexity index is 448. The van der Waals surface area contributed by atoms with E-state index in [-0.39, 0.29) is 35.6 Å². The van der Waals surface area contributed by atoms with E-state index < -0.39 is 0 Å². The first-order valence-electron chi connectivity index (χ1n) is 6.76. The number of rotatable bonds is 3. The summed E-state index contributed by atoms with van der Waals surface area (Å²) in [4.78, 5) is 11.9. The highest BCUT2D eigenvalue weighted by molar-refractivity contribution is 5.94. The van der Waals surface area contributed by atoms with Crippen molar-refractivity contribution in [3.63, 3.8) is 0 Å². The summed E-state index contributed by atoms with van der Waals surface area (Å²) in [5, 5.41) is 6.37. The van der Waals surface area contributed by atoms with Gasteiger partial charge in [-0.05, 0) is 49.1 Å². The summed E-state index contributed by atoms with van der Waals surface area (Å²) in [6.07, 6.45) is 2.34. The third kappa shape index (κ3) is 4.18. The number of nitrogens with one attached hydrogen (secondary N) is 2. The van der Waals surface area contributed by atoms with Gasteiger partial charge in [0.15, 0.2) is 0 Å². The molecule has 0 spiro atoms. The number of benzene rings is 1. The molecule has 0 bridgehead atoms. The standard InChI is InChI=1S/C15H21FN2O.ClH/c1-15(2)8-3-9-17-13(15)10-18-14(19)11-4-6-12(16)7-5-11;/h4-7,13,17H,3,8-10H2,1-2H3,(H,18,19);1H. The lowest BCUT2D eigenvalue weighted by atomic mass is 9.77. The molecule has 1 fully saturated rings. The van der Waals surface area contributed by atoms with E-state index in [1.54, 1.807) is 0 Å². The highest BCUT2D eigenvalue weighted by Crippen LogP contribution is 2.29. The van der Waals surface area contributed by atoms with Crippen LogP contribution < -0.4 is 10.6 Å². The van der Waals surface area contributed by atoms with Gasteiger partial charge in [0, 0.05) is 18.2 Å². The summed E-state index contributed by atoms with van der Waals surface area (Å²) >= 11 is 0. The number of hydrogen-bond donors (Lipinski definition) is 2. The number of carbonyl (C=O) groups is 1. The molecule has 1 atom stereocenters. The smallest absolute Gasteiger partial charge is 0.251 e. The first kappa shape index (κ1) is 16.9. The molecule has 2 N–H and O–H groups in total. The van der Waals surface area contributed by atoms with Crippen molar-refractivity contribution < 1.29 is 9.18 Å². The van der Waals surface area contributed by atoms with Crippen molar-refractivity contribution in [3.8, 4) is 0 Å². The molecule has 20 heavy (non-hydrogen) atoms. The van der Waals surface area contributed by atoms with E-state index in [2.05, 4.69) is 24.5 Å². The van der Waals surface area contributed by atoms with Gasteiger partial charge in [0.2, 0.25) is 0 Å². The van der Waals surface area contributed by atoms with Crippen LogP contribution >= 0.6 is 12.4 Å². The molecular formula is C15H22ClFN2O. The number of carbonyl (C=O) groups excluding carboxylic acids is 1. The highest BCUT2D eigenvalue weighted by Gasteiger charge is 2.31. The maximum Gasteiger partial charge on any atom is 0.251 e. The second-order valence-electron chi connectivity index (χ2n) is 5.82. The molecule has 1 aromatic rings. The van der Waals surface area contributed by atoms with Crippen molar-refractivity contribution in [3.05, 3.63) is 35.6 Å². The second kappa shape index (κ2) is 7.04. The largest absolute Gasteiger partial charge is 0.350 e. The average molecular weight is 301 g/mol. The van der Waals surface area contributed by atoms with Gasteiger partial charge in [-0.3, -0.25) is 4.79 Å². The highest BCUT2D eigenvalue weighted by atomic mass is 35.5. The molecule has 0 aromatic heterocycles. The Labute approximate surface area is 125 Å². The van der Waals surface area contributed by atoms with Crippen molar-refractivity contribution in [2.45, 2.75) is 32.7 Å². The van der Waals surface area contributed by atoms with Crippen LogP contribution in [0.3, 0.4) is 0 Å². The molecule has 1 heterocycles. The molecule has 2 rings (SSSR count). The predicted molar refractivity (Wildman–Crippen MR) is 80.8 cm³/mol. The van der Waals surface area contributed by atoms with Gasteiger partial charge in [-0.2, -0.15) is 0 Å². The molecule has 0 aliphatic carbocycles. The zero-order valence-corrected chi connectivity index (χ0v) is 12.7. The molecule has 112 valence electrons. The van der Waals surface area contributed by atoms with Gasteiger partial charge in [-0.1, -0.05) is 13.8 Å². The van der Waals surface area contributed by atoms with Gasteiger partial charge < -0.3 is 10.6 Å². The topological polar surface area (TPSA) is 41.1 Å². The molecule has 0 radical (unpaired) electrons. The van der Waals surface area contributed by atoms with E-state index >= 15 is 0 Å². The van der Waals surface area contributed by atoms with Crippen LogP contribution in [0, 0.1) is 11.2 Å². The minimum absolute atomic E-state index is 0. The number of piperidine rings is 1. The Balaban J connectivity index is 0.00000200. The fourth-order valence-corrected chi connectivity index (χ4v) is 2.52. The van der Waals surface area contributed by atoms with Crippen molar-refractivity contribution in [1.82, 2.24) is 10.6 Å². The Morgan fingerprint density at radius 3 is 2.65 bits per heavy atom. The maximum absolute atomic E-state index is 12.8. The molecule has 1 unspecified atom stereocenters. The quantitative estimate of drug-likeness (QED) is 0.901. The summed E-state index contributed by atoms with van der Waals surface area (Å²) in [5.41, 5.74) is 0.684. The van der Waals surface area contributed by atoms with E-state index in [9.17, 15) is 9.18 Å². The lowest BCUT2D eigenvalue weighted by Crippen LogP contribution is -2.52. The van der Waals surface area contributed by atoms with Crippen LogP contribution in [0.2, 0.25) is 0 Å². The van der Waals surface area contributed by atoms with E-state index in [4.69, 9.17) is 0 Å². The molecular weight excluding hydrogens is 279 g/mol. The van der Waals surface area contributed by atoms with Crippen LogP contribution in [0.25, 0.3) is 0 Å². The normalized spacial score (nSPS) is 20.9. The summed E-state index contributed by atoms with van der Waals surface area (Å²) in [5.74, 6) is -0.477. The third-order valence-corrected chi connectivity index (χ3v) is 3.91. The summed E-state index contributed by atoms with van der Waals surface area (Å²) < 4.78 is 12.8. The molecule has 3 nitrogen and oxygen atoms in total. The monoisotopic (exact) mass is 300 g/mol. The minimum atomic E-state index is -0.327. The molecule has 1 aliphatic heterocycles. The number of halogens is 2. The van der Waals surface area contributed by atoms with Crippen LogP contribution in [-0.2, 0) is 0 Å². The van der Waals surface area contributed by atoms with E-state index in [0.29, 0.717) is 12.1 Å². The van der Waals surface area contributed by atoms with Gasteiger partial charge >= 0.3 is 0 Å².